The van der Waals surface area contributed by atoms with E-state index in [0.29, 0.717) is 16.9 Å². The molecule has 0 aromatic carbocycles. The fraction of sp³-hybridized carbons (Fsp3) is 0.385. The molecule has 1 aromatic rings. The first kappa shape index (κ1) is 15.5. The third-order valence-electron chi connectivity index (χ3n) is 2.77. The summed E-state index contributed by atoms with van der Waals surface area (Å²) in [6, 6.07) is 2.51. The molecule has 1 rings (SSSR count). The van der Waals surface area contributed by atoms with Gasteiger partial charge in [0.15, 0.2) is 4.67 Å². The Hall–Kier alpha value is -1.56. The molecule has 0 saturated heterocycles. The van der Waals surface area contributed by atoms with Gasteiger partial charge in [-0.3, -0.25) is 4.79 Å². The number of furan rings is 1. The molecule has 0 spiro atoms. The molecule has 104 valence electrons. The van der Waals surface area contributed by atoms with Crippen LogP contribution in [0, 0.1) is 5.92 Å². The summed E-state index contributed by atoms with van der Waals surface area (Å²) in [4.78, 5) is 22.7. The summed E-state index contributed by atoms with van der Waals surface area (Å²) in [5, 5.41) is 11.5. The summed E-state index contributed by atoms with van der Waals surface area (Å²) in [5.74, 6) is -1.11. The van der Waals surface area contributed by atoms with Crippen LogP contribution in [0.3, 0.4) is 0 Å². The highest BCUT2D eigenvalue weighted by Gasteiger charge is 2.24. The van der Waals surface area contributed by atoms with Gasteiger partial charge in [0.2, 0.25) is 5.91 Å². The number of aliphatic carboxylic acids is 1. The highest BCUT2D eigenvalue weighted by molar-refractivity contribution is 9.10. The van der Waals surface area contributed by atoms with E-state index in [4.69, 9.17) is 9.52 Å². The van der Waals surface area contributed by atoms with E-state index in [0.717, 1.165) is 0 Å². The smallest absolute Gasteiger partial charge is 0.326 e. The Balaban J connectivity index is 2.62. The summed E-state index contributed by atoms with van der Waals surface area (Å²) >= 11 is 3.15. The van der Waals surface area contributed by atoms with Crippen molar-refractivity contribution in [2.45, 2.75) is 26.3 Å². The number of nitrogens with one attached hydrogen (secondary N) is 1. The average Bonchev–Trinajstić information content (AvgIpc) is 2.78. The van der Waals surface area contributed by atoms with Crippen molar-refractivity contribution in [2.24, 2.45) is 5.92 Å². The predicted octanol–water partition coefficient (Wildman–Crippen LogP) is 2.67. The second-order valence-corrected chi connectivity index (χ2v) is 4.97. The molecule has 0 aliphatic heterocycles. The lowest BCUT2D eigenvalue weighted by Gasteiger charge is -2.19. The molecule has 2 atom stereocenters. The van der Waals surface area contributed by atoms with Crippen molar-refractivity contribution >= 4 is 33.9 Å². The standard InChI is InChI=1S/C13H16BrNO4/c1-3-8(2)12(13(17)18)15-11(16)7-5-9-4-6-10(14)19-9/h4-8,12H,3H2,1-2H3,(H,15,16)(H,17,18)/b7-5+. The van der Waals surface area contributed by atoms with Crippen LogP contribution in [0.4, 0.5) is 0 Å². The van der Waals surface area contributed by atoms with E-state index in [1.807, 2.05) is 6.92 Å². The molecule has 0 saturated carbocycles. The van der Waals surface area contributed by atoms with E-state index in [-0.39, 0.29) is 5.92 Å². The van der Waals surface area contributed by atoms with Crippen LogP contribution in [-0.4, -0.2) is 23.0 Å². The van der Waals surface area contributed by atoms with Crippen LogP contribution in [0.15, 0.2) is 27.3 Å². The molecule has 19 heavy (non-hydrogen) atoms. The molecule has 2 unspecified atom stereocenters. The van der Waals surface area contributed by atoms with Gasteiger partial charge in [-0.15, -0.1) is 0 Å². The van der Waals surface area contributed by atoms with E-state index in [1.165, 1.54) is 12.2 Å². The third-order valence-corrected chi connectivity index (χ3v) is 3.20. The first-order valence-corrected chi connectivity index (χ1v) is 6.70. The minimum absolute atomic E-state index is 0.132. The molecule has 0 aliphatic rings. The Morgan fingerprint density at radius 3 is 2.68 bits per heavy atom. The SMILES string of the molecule is CCC(C)C(NC(=O)/C=C/c1ccc(Br)o1)C(=O)O. The van der Waals surface area contributed by atoms with Crippen LogP contribution in [0.25, 0.3) is 6.08 Å². The van der Waals surface area contributed by atoms with Crippen molar-refractivity contribution in [3.63, 3.8) is 0 Å². The molecule has 0 radical (unpaired) electrons. The number of carboxylic acids is 1. The molecular formula is C13H16BrNO4. The predicted molar refractivity (Wildman–Crippen MR) is 74.5 cm³/mol. The second kappa shape index (κ2) is 7.13. The van der Waals surface area contributed by atoms with Gasteiger partial charge in [-0.2, -0.15) is 0 Å². The van der Waals surface area contributed by atoms with Gasteiger partial charge in [0.25, 0.3) is 0 Å². The fourth-order valence-corrected chi connectivity index (χ4v) is 1.78. The first-order valence-electron chi connectivity index (χ1n) is 5.90. The van der Waals surface area contributed by atoms with Crippen molar-refractivity contribution in [2.75, 3.05) is 0 Å². The lowest BCUT2D eigenvalue weighted by Crippen LogP contribution is -2.44. The molecular weight excluding hydrogens is 314 g/mol. The third kappa shape index (κ3) is 4.90. The Kier molecular flexibility index (Phi) is 5.82. The molecule has 1 amide bonds. The number of hydrogen-bond donors (Lipinski definition) is 2. The van der Waals surface area contributed by atoms with Crippen LogP contribution in [0.2, 0.25) is 0 Å². The van der Waals surface area contributed by atoms with Crippen LogP contribution >= 0.6 is 15.9 Å². The van der Waals surface area contributed by atoms with Crippen LogP contribution in [0.1, 0.15) is 26.0 Å². The molecule has 0 fully saturated rings. The summed E-state index contributed by atoms with van der Waals surface area (Å²) < 4.78 is 5.75. The van der Waals surface area contributed by atoms with Gasteiger partial charge in [0.1, 0.15) is 11.8 Å². The second-order valence-electron chi connectivity index (χ2n) is 4.19. The van der Waals surface area contributed by atoms with Gasteiger partial charge in [-0.05, 0) is 40.1 Å². The van der Waals surface area contributed by atoms with Gasteiger partial charge < -0.3 is 14.8 Å². The maximum Gasteiger partial charge on any atom is 0.326 e. The van der Waals surface area contributed by atoms with Crippen LogP contribution in [-0.2, 0) is 9.59 Å². The average molecular weight is 330 g/mol. The zero-order valence-corrected chi connectivity index (χ0v) is 12.3. The zero-order chi connectivity index (χ0) is 14.4. The van der Waals surface area contributed by atoms with E-state index < -0.39 is 17.9 Å². The van der Waals surface area contributed by atoms with Gasteiger partial charge in [-0.1, -0.05) is 20.3 Å². The van der Waals surface area contributed by atoms with Gasteiger partial charge in [0, 0.05) is 6.08 Å². The summed E-state index contributed by atoms with van der Waals surface area (Å²) in [6.07, 6.45) is 3.41. The first-order chi connectivity index (χ1) is 8.93. The monoisotopic (exact) mass is 329 g/mol. The Labute approximate surface area is 119 Å². The number of amides is 1. The minimum Gasteiger partial charge on any atom is -0.480 e. The van der Waals surface area contributed by atoms with Gasteiger partial charge in [0.05, 0.1) is 0 Å². The number of hydrogen-bond acceptors (Lipinski definition) is 3. The van der Waals surface area contributed by atoms with Crippen LogP contribution < -0.4 is 5.32 Å². The maximum absolute atomic E-state index is 11.6. The Morgan fingerprint density at radius 1 is 1.53 bits per heavy atom. The van der Waals surface area contributed by atoms with E-state index in [1.54, 1.807) is 19.1 Å². The normalized spacial score (nSPS) is 14.3. The van der Waals surface area contributed by atoms with Crippen molar-refractivity contribution < 1.29 is 19.1 Å². The lowest BCUT2D eigenvalue weighted by molar-refractivity contribution is -0.142. The molecule has 5 nitrogen and oxygen atoms in total. The quantitative estimate of drug-likeness (QED) is 0.786. The fourth-order valence-electron chi connectivity index (χ4n) is 1.46. The summed E-state index contributed by atoms with van der Waals surface area (Å²) in [6.45, 7) is 3.66. The van der Waals surface area contributed by atoms with Crippen molar-refractivity contribution in [3.8, 4) is 0 Å². The molecule has 1 aromatic heterocycles. The van der Waals surface area contributed by atoms with Gasteiger partial charge >= 0.3 is 5.97 Å². The molecule has 0 aliphatic carbocycles. The molecule has 0 bridgehead atoms. The summed E-state index contributed by atoms with van der Waals surface area (Å²) in [5.41, 5.74) is 0. The number of carboxylic acid groups (broad SMARTS) is 1. The number of halogens is 1. The van der Waals surface area contributed by atoms with Crippen molar-refractivity contribution in [1.29, 1.82) is 0 Å². The zero-order valence-electron chi connectivity index (χ0n) is 10.7. The number of carbonyl (C=O) groups is 2. The summed E-state index contributed by atoms with van der Waals surface area (Å²) in [7, 11) is 0. The van der Waals surface area contributed by atoms with E-state index in [2.05, 4.69) is 21.2 Å². The van der Waals surface area contributed by atoms with E-state index >= 15 is 0 Å². The number of carbonyl (C=O) groups excluding carboxylic acids is 1. The van der Waals surface area contributed by atoms with Gasteiger partial charge in [-0.25, -0.2) is 4.79 Å². The maximum atomic E-state index is 11.6. The lowest BCUT2D eigenvalue weighted by atomic mass is 9.99. The largest absolute Gasteiger partial charge is 0.480 e. The van der Waals surface area contributed by atoms with Crippen molar-refractivity contribution in [1.82, 2.24) is 5.32 Å². The number of rotatable bonds is 6. The highest BCUT2D eigenvalue weighted by atomic mass is 79.9. The molecule has 1 heterocycles. The Bertz CT molecular complexity index is 481. The topological polar surface area (TPSA) is 79.5 Å². The van der Waals surface area contributed by atoms with Crippen LogP contribution in [0.5, 0.6) is 0 Å². The van der Waals surface area contributed by atoms with E-state index in [9.17, 15) is 9.59 Å². The Morgan fingerprint density at radius 2 is 2.21 bits per heavy atom. The minimum atomic E-state index is -1.03. The molecule has 2 N–H and O–H groups in total. The highest BCUT2D eigenvalue weighted by Crippen LogP contribution is 2.15. The molecule has 6 heteroatoms. The van der Waals surface area contributed by atoms with Crippen molar-refractivity contribution in [3.05, 3.63) is 28.6 Å².